The Labute approximate surface area is 152 Å². The molecular weight excluding hydrogens is 328 g/mol. The van der Waals surface area contributed by atoms with Gasteiger partial charge in [0.2, 0.25) is 0 Å². The van der Waals surface area contributed by atoms with Crippen LogP contribution in [-0.4, -0.2) is 46.7 Å². The maximum atomic E-state index is 12.4. The molecule has 1 saturated heterocycles. The highest BCUT2D eigenvalue weighted by Gasteiger charge is 2.46. The van der Waals surface area contributed by atoms with Crippen LogP contribution in [0.1, 0.15) is 18.4 Å². The van der Waals surface area contributed by atoms with Crippen LogP contribution in [-0.2, 0) is 16.1 Å². The van der Waals surface area contributed by atoms with E-state index in [-0.39, 0.29) is 11.5 Å². The highest BCUT2D eigenvalue weighted by Crippen LogP contribution is 2.34. The van der Waals surface area contributed by atoms with E-state index in [1.165, 1.54) is 5.56 Å². The van der Waals surface area contributed by atoms with Gasteiger partial charge in [-0.15, -0.1) is 0 Å². The first-order valence-corrected chi connectivity index (χ1v) is 8.95. The summed E-state index contributed by atoms with van der Waals surface area (Å²) in [5, 5.41) is 6.90. The minimum atomic E-state index is -0.349. The maximum Gasteiger partial charge on any atom is 0.273 e. The van der Waals surface area contributed by atoms with Gasteiger partial charge in [-0.05, 0) is 24.1 Å². The number of amides is 1. The number of rotatable bonds is 5. The molecule has 3 heterocycles. The Bertz CT molecular complexity index is 794. The third-order valence-electron chi connectivity index (χ3n) is 4.98. The third-order valence-corrected chi connectivity index (χ3v) is 4.98. The zero-order chi connectivity index (χ0) is 17.8. The molecule has 1 aromatic heterocycles. The molecular formula is C20H22N4O2. The van der Waals surface area contributed by atoms with Gasteiger partial charge in [0.1, 0.15) is 5.71 Å². The van der Waals surface area contributed by atoms with Crippen molar-refractivity contribution in [2.45, 2.75) is 24.9 Å². The highest BCUT2D eigenvalue weighted by molar-refractivity contribution is 6.43. The van der Waals surface area contributed by atoms with Crippen LogP contribution in [0.15, 0.2) is 60.0 Å². The fourth-order valence-corrected chi connectivity index (χ4v) is 3.55. The molecule has 1 aromatic carbocycles. The van der Waals surface area contributed by atoms with Crippen LogP contribution in [0, 0.1) is 0 Å². The Morgan fingerprint density at radius 1 is 1.23 bits per heavy atom. The van der Waals surface area contributed by atoms with Gasteiger partial charge in [-0.25, -0.2) is 0 Å². The van der Waals surface area contributed by atoms with E-state index in [1.54, 1.807) is 24.5 Å². The van der Waals surface area contributed by atoms with Crippen LogP contribution >= 0.6 is 0 Å². The summed E-state index contributed by atoms with van der Waals surface area (Å²) < 4.78 is 0. The molecule has 6 heteroatoms. The molecule has 0 aliphatic carbocycles. The number of benzene rings is 1. The van der Waals surface area contributed by atoms with Crippen molar-refractivity contribution in [3.63, 3.8) is 0 Å². The van der Waals surface area contributed by atoms with Gasteiger partial charge in [0, 0.05) is 38.7 Å². The Morgan fingerprint density at radius 3 is 2.92 bits per heavy atom. The number of pyridine rings is 1. The minimum Gasteiger partial charge on any atom is -0.387 e. The largest absolute Gasteiger partial charge is 0.387 e. The second-order valence-corrected chi connectivity index (χ2v) is 6.95. The fourth-order valence-electron chi connectivity index (χ4n) is 3.55. The molecule has 0 saturated carbocycles. The first-order chi connectivity index (χ1) is 12.7. The van der Waals surface area contributed by atoms with Crippen molar-refractivity contribution in [3.05, 3.63) is 60.4 Å². The summed E-state index contributed by atoms with van der Waals surface area (Å²) in [5.74, 6) is -0.211. The quantitative estimate of drug-likeness (QED) is 0.900. The average molecular weight is 350 g/mol. The van der Waals surface area contributed by atoms with Gasteiger partial charge in [-0.1, -0.05) is 35.5 Å². The summed E-state index contributed by atoms with van der Waals surface area (Å²) in [5.41, 5.74) is 2.11. The van der Waals surface area contributed by atoms with Crippen molar-refractivity contribution < 1.29 is 9.63 Å². The Hall–Kier alpha value is -2.73. The molecule has 1 N–H and O–H groups in total. The van der Waals surface area contributed by atoms with Crippen molar-refractivity contribution in [1.82, 2.24) is 9.88 Å². The summed E-state index contributed by atoms with van der Waals surface area (Å²) in [6.45, 7) is 2.78. The lowest BCUT2D eigenvalue weighted by Gasteiger charge is -2.21. The number of nitrogens with zero attached hydrogens (tertiary/aromatic N) is 3. The number of carbonyl (C=O) groups excluding carboxylic acids is 1. The van der Waals surface area contributed by atoms with E-state index in [1.807, 2.05) is 6.07 Å². The van der Waals surface area contributed by atoms with E-state index in [0.29, 0.717) is 17.8 Å². The Kier molecular flexibility index (Phi) is 4.67. The van der Waals surface area contributed by atoms with Crippen LogP contribution in [0.2, 0.25) is 0 Å². The van der Waals surface area contributed by atoms with Crippen molar-refractivity contribution in [1.29, 1.82) is 0 Å². The van der Waals surface area contributed by atoms with Crippen LogP contribution in [0.4, 0.5) is 5.69 Å². The van der Waals surface area contributed by atoms with Crippen molar-refractivity contribution in [2.24, 2.45) is 5.16 Å². The second kappa shape index (κ2) is 7.25. The molecule has 6 nitrogen and oxygen atoms in total. The molecule has 1 amide bonds. The summed E-state index contributed by atoms with van der Waals surface area (Å²) in [6, 6.07) is 14.1. The van der Waals surface area contributed by atoms with E-state index >= 15 is 0 Å². The SMILES string of the molecule is O=C(Nc1cccnc1)C1=NO[C@@]2(CCN(CCc3ccccc3)C2)C1. The molecule has 0 unspecified atom stereocenters. The predicted molar refractivity (Wildman–Crippen MR) is 99.9 cm³/mol. The molecule has 1 fully saturated rings. The molecule has 2 aliphatic rings. The lowest BCUT2D eigenvalue weighted by atomic mass is 9.96. The highest BCUT2D eigenvalue weighted by atomic mass is 16.7. The minimum absolute atomic E-state index is 0.211. The number of hydrogen-bond donors (Lipinski definition) is 1. The predicted octanol–water partition coefficient (Wildman–Crippen LogP) is 2.48. The smallest absolute Gasteiger partial charge is 0.273 e. The number of hydrogen-bond acceptors (Lipinski definition) is 5. The van der Waals surface area contributed by atoms with Crippen molar-refractivity contribution >= 4 is 17.3 Å². The van der Waals surface area contributed by atoms with Gasteiger partial charge in [0.25, 0.3) is 5.91 Å². The van der Waals surface area contributed by atoms with Crippen LogP contribution in [0.5, 0.6) is 0 Å². The number of anilines is 1. The van der Waals surface area contributed by atoms with Gasteiger partial charge >= 0.3 is 0 Å². The molecule has 1 spiro atoms. The average Bonchev–Trinajstić information content (AvgIpc) is 3.29. The first-order valence-electron chi connectivity index (χ1n) is 8.95. The maximum absolute atomic E-state index is 12.4. The normalized spacial score (nSPS) is 22.2. The third kappa shape index (κ3) is 3.75. The summed E-state index contributed by atoms with van der Waals surface area (Å²) in [7, 11) is 0. The molecule has 1 atom stereocenters. The molecule has 0 radical (unpaired) electrons. The van der Waals surface area contributed by atoms with Crippen molar-refractivity contribution in [3.8, 4) is 0 Å². The summed E-state index contributed by atoms with van der Waals surface area (Å²) in [6.07, 6.45) is 5.76. The number of oxime groups is 1. The number of nitrogens with one attached hydrogen (secondary N) is 1. The lowest BCUT2D eigenvalue weighted by Crippen LogP contribution is -2.35. The molecule has 0 bridgehead atoms. The monoisotopic (exact) mass is 350 g/mol. The van der Waals surface area contributed by atoms with E-state index < -0.39 is 0 Å². The van der Waals surface area contributed by atoms with Gasteiger partial charge < -0.3 is 10.2 Å². The Morgan fingerprint density at radius 2 is 2.12 bits per heavy atom. The van der Waals surface area contributed by atoms with Gasteiger partial charge in [-0.3, -0.25) is 14.7 Å². The molecule has 4 rings (SSSR count). The van der Waals surface area contributed by atoms with E-state index in [2.05, 4.69) is 44.6 Å². The standard InChI is InChI=1S/C20H22N4O2/c25-19(22-17-7-4-10-21-14-17)18-13-20(26-23-18)9-12-24(15-20)11-8-16-5-2-1-3-6-16/h1-7,10,14H,8-9,11-13,15H2,(H,22,25)/t20-/m0/s1. The molecule has 2 aliphatic heterocycles. The van der Waals surface area contributed by atoms with E-state index in [9.17, 15) is 4.79 Å². The second-order valence-electron chi connectivity index (χ2n) is 6.95. The molecule has 2 aromatic rings. The van der Waals surface area contributed by atoms with Crippen LogP contribution in [0.25, 0.3) is 0 Å². The van der Waals surface area contributed by atoms with Gasteiger partial charge in [0.05, 0.1) is 11.9 Å². The van der Waals surface area contributed by atoms with E-state index in [4.69, 9.17) is 4.84 Å². The fraction of sp³-hybridized carbons (Fsp3) is 0.350. The van der Waals surface area contributed by atoms with Gasteiger partial charge in [-0.2, -0.15) is 0 Å². The number of likely N-dealkylation sites (tertiary alicyclic amines) is 1. The number of carbonyl (C=O) groups is 1. The van der Waals surface area contributed by atoms with Crippen LogP contribution in [0.3, 0.4) is 0 Å². The van der Waals surface area contributed by atoms with Crippen LogP contribution < -0.4 is 5.32 Å². The zero-order valence-electron chi connectivity index (χ0n) is 14.6. The Balaban J connectivity index is 1.29. The van der Waals surface area contributed by atoms with Crippen molar-refractivity contribution in [2.75, 3.05) is 25.0 Å². The summed E-state index contributed by atoms with van der Waals surface area (Å²) >= 11 is 0. The lowest BCUT2D eigenvalue weighted by molar-refractivity contribution is -0.110. The molecule has 134 valence electrons. The first kappa shape index (κ1) is 16.7. The zero-order valence-corrected chi connectivity index (χ0v) is 14.6. The van der Waals surface area contributed by atoms with Gasteiger partial charge in [0.15, 0.2) is 5.60 Å². The molecule has 26 heavy (non-hydrogen) atoms. The van der Waals surface area contributed by atoms with E-state index in [0.717, 1.165) is 32.5 Å². The summed E-state index contributed by atoms with van der Waals surface area (Å²) in [4.78, 5) is 24.5. The topological polar surface area (TPSA) is 66.8 Å². The number of aromatic nitrogens is 1.